The Kier molecular flexibility index (Phi) is 18.8. The highest BCUT2D eigenvalue weighted by atomic mass is 17.2. The number of benzene rings is 1. The van der Waals surface area contributed by atoms with Crippen molar-refractivity contribution in [2.45, 2.75) is 143 Å². The van der Waals surface area contributed by atoms with E-state index in [4.69, 9.17) is 14.5 Å². The first-order chi connectivity index (χ1) is 18.0. The molecule has 1 aromatic rings. The number of hydrogen-bond donors (Lipinski definition) is 2. The molecule has 0 spiro atoms. The number of carboxylic acid groups (broad SMARTS) is 1. The van der Waals surface area contributed by atoms with Crippen LogP contribution in [0.3, 0.4) is 0 Å². The fourth-order valence-corrected chi connectivity index (χ4v) is 4.82. The second-order valence-corrected chi connectivity index (χ2v) is 10.1. The number of rotatable bonds is 24. The third-order valence-corrected chi connectivity index (χ3v) is 6.99. The minimum Gasteiger partial charge on any atom is -0.503 e. The summed E-state index contributed by atoms with van der Waals surface area (Å²) in [6.45, 7) is 9.18. The van der Waals surface area contributed by atoms with E-state index in [0.29, 0.717) is 37.4 Å². The Balaban J connectivity index is 2.75. The summed E-state index contributed by atoms with van der Waals surface area (Å²) in [6, 6.07) is 0. The molecule has 1 rings (SSSR count). The summed E-state index contributed by atoms with van der Waals surface area (Å²) >= 11 is 0. The molecule has 0 saturated heterocycles. The van der Waals surface area contributed by atoms with Crippen LogP contribution in [0.2, 0.25) is 0 Å². The zero-order valence-electron chi connectivity index (χ0n) is 24.2. The molecule has 0 unspecified atom stereocenters. The summed E-state index contributed by atoms with van der Waals surface area (Å²) in [4.78, 5) is 23.0. The summed E-state index contributed by atoms with van der Waals surface area (Å²) < 4.78 is 6.15. The van der Waals surface area contributed by atoms with Gasteiger partial charge in [0.15, 0.2) is 11.5 Å². The van der Waals surface area contributed by atoms with Gasteiger partial charge in [-0.2, -0.15) is 4.89 Å². The van der Waals surface area contributed by atoms with Crippen LogP contribution in [-0.2, 0) is 17.7 Å². The lowest BCUT2D eigenvalue weighted by atomic mass is 9.94. The number of carbonyl (C=O) groups is 1. The van der Waals surface area contributed by atoms with E-state index in [9.17, 15) is 15.0 Å². The normalized spacial score (nSPS) is 11.1. The maximum absolute atomic E-state index is 12.0. The number of unbranched alkanes of at least 4 members (excludes halogenated alkanes) is 14. The highest BCUT2D eigenvalue weighted by Gasteiger charge is 2.29. The van der Waals surface area contributed by atoms with Crippen LogP contribution in [-0.4, -0.2) is 29.4 Å². The highest BCUT2D eigenvalue weighted by Crippen LogP contribution is 2.46. The van der Waals surface area contributed by atoms with Gasteiger partial charge in [0.05, 0.1) is 13.2 Å². The maximum atomic E-state index is 12.0. The maximum Gasteiger partial charge on any atom is 0.339 e. The Morgan fingerprint density at radius 1 is 0.622 bits per heavy atom. The van der Waals surface area contributed by atoms with Crippen molar-refractivity contribution in [1.82, 2.24) is 0 Å². The quantitative estimate of drug-likeness (QED) is 0.0799. The van der Waals surface area contributed by atoms with E-state index in [0.717, 1.165) is 31.2 Å². The number of hydrogen-bond acceptors (Lipinski definition) is 5. The molecule has 6 heteroatoms. The molecule has 0 bridgehead atoms. The van der Waals surface area contributed by atoms with Crippen LogP contribution in [0.4, 0.5) is 0 Å². The number of phenols is 1. The molecule has 0 fully saturated rings. The summed E-state index contributed by atoms with van der Waals surface area (Å²) in [6.07, 6.45) is 20.1. The lowest BCUT2D eigenvalue weighted by Gasteiger charge is -2.21. The molecule has 1 aromatic carbocycles. The lowest BCUT2D eigenvalue weighted by Crippen LogP contribution is -2.12. The Morgan fingerprint density at radius 3 is 1.54 bits per heavy atom. The van der Waals surface area contributed by atoms with E-state index < -0.39 is 11.7 Å². The molecule has 0 aliphatic heterocycles. The van der Waals surface area contributed by atoms with E-state index in [1.807, 2.05) is 13.8 Å². The molecule has 0 aliphatic rings. The van der Waals surface area contributed by atoms with Crippen molar-refractivity contribution in [3.05, 3.63) is 16.7 Å². The fourth-order valence-electron chi connectivity index (χ4n) is 4.82. The summed E-state index contributed by atoms with van der Waals surface area (Å²) in [7, 11) is 0. The van der Waals surface area contributed by atoms with Gasteiger partial charge >= 0.3 is 5.97 Å². The molecule has 0 radical (unpaired) electrons. The molecular weight excluding hydrogens is 468 g/mol. The van der Waals surface area contributed by atoms with Crippen molar-refractivity contribution in [3.63, 3.8) is 0 Å². The average molecular weight is 523 g/mol. The number of aromatic carboxylic acids is 1. The molecule has 2 N–H and O–H groups in total. The van der Waals surface area contributed by atoms with E-state index in [-0.39, 0.29) is 11.3 Å². The van der Waals surface area contributed by atoms with Crippen molar-refractivity contribution in [3.8, 4) is 17.2 Å². The van der Waals surface area contributed by atoms with Gasteiger partial charge in [-0.05, 0) is 31.2 Å². The SMILES string of the molecule is CCCCCCCCCCOOc1c(O)c(C(=O)O)c(CC)c(CC)c1OCCCCCCCCCC. The molecule has 6 nitrogen and oxygen atoms in total. The molecule has 0 aliphatic carbocycles. The molecule has 0 amide bonds. The van der Waals surface area contributed by atoms with Crippen molar-refractivity contribution in [1.29, 1.82) is 0 Å². The largest absolute Gasteiger partial charge is 0.503 e. The van der Waals surface area contributed by atoms with Crippen LogP contribution in [0.15, 0.2) is 0 Å². The predicted molar refractivity (Wildman–Crippen MR) is 151 cm³/mol. The highest BCUT2D eigenvalue weighted by molar-refractivity contribution is 5.95. The molecule has 0 heterocycles. The molecule has 214 valence electrons. The van der Waals surface area contributed by atoms with Gasteiger partial charge in [0, 0.05) is 5.56 Å². The topological polar surface area (TPSA) is 85.2 Å². The summed E-state index contributed by atoms with van der Waals surface area (Å²) in [5, 5.41) is 20.7. The molecule has 0 aromatic heterocycles. The standard InChI is InChI=1S/C31H54O6/c1-5-9-11-13-15-17-19-21-23-35-29-26(8-4)25(7-3)27(31(33)34)28(32)30(29)37-36-24-22-20-18-16-14-12-10-6-2/h32H,5-24H2,1-4H3,(H,33,34). The Morgan fingerprint density at radius 2 is 1.08 bits per heavy atom. The van der Waals surface area contributed by atoms with Gasteiger partial charge in [-0.3, -0.25) is 0 Å². The van der Waals surface area contributed by atoms with Crippen LogP contribution < -0.4 is 9.62 Å². The Hall–Kier alpha value is -1.95. The van der Waals surface area contributed by atoms with Gasteiger partial charge in [-0.1, -0.05) is 118 Å². The third kappa shape index (κ3) is 12.4. The first-order valence-electron chi connectivity index (χ1n) is 15.1. The van der Waals surface area contributed by atoms with Crippen LogP contribution in [0, 0.1) is 0 Å². The third-order valence-electron chi connectivity index (χ3n) is 6.99. The predicted octanol–water partition coefficient (Wildman–Crippen LogP) is 9.19. The Labute approximate surface area is 226 Å². The van der Waals surface area contributed by atoms with Gasteiger partial charge in [-0.15, -0.1) is 0 Å². The summed E-state index contributed by atoms with van der Waals surface area (Å²) in [5.74, 6) is -1.18. The first kappa shape index (κ1) is 33.1. The molecule has 0 atom stereocenters. The van der Waals surface area contributed by atoms with Gasteiger partial charge in [-0.25, -0.2) is 4.79 Å². The van der Waals surface area contributed by atoms with Crippen LogP contribution in [0.5, 0.6) is 17.2 Å². The monoisotopic (exact) mass is 522 g/mol. The van der Waals surface area contributed by atoms with Crippen LogP contribution >= 0.6 is 0 Å². The zero-order valence-corrected chi connectivity index (χ0v) is 24.2. The molecule has 0 saturated carbocycles. The lowest BCUT2D eigenvalue weighted by molar-refractivity contribution is -0.209. The van der Waals surface area contributed by atoms with Gasteiger partial charge in [0.25, 0.3) is 0 Å². The van der Waals surface area contributed by atoms with E-state index in [1.54, 1.807) is 0 Å². The fraction of sp³-hybridized carbons (Fsp3) is 0.774. The van der Waals surface area contributed by atoms with E-state index >= 15 is 0 Å². The van der Waals surface area contributed by atoms with Crippen molar-refractivity contribution in [2.24, 2.45) is 0 Å². The van der Waals surface area contributed by atoms with Crippen LogP contribution in [0.25, 0.3) is 0 Å². The van der Waals surface area contributed by atoms with Crippen molar-refractivity contribution in [2.75, 3.05) is 13.2 Å². The van der Waals surface area contributed by atoms with Gasteiger partial charge in [0.2, 0.25) is 5.75 Å². The van der Waals surface area contributed by atoms with E-state index in [1.165, 1.54) is 77.0 Å². The smallest absolute Gasteiger partial charge is 0.339 e. The van der Waals surface area contributed by atoms with Gasteiger partial charge in [0.1, 0.15) is 5.56 Å². The average Bonchev–Trinajstić information content (AvgIpc) is 2.89. The number of ether oxygens (including phenoxy) is 1. The number of carboxylic acids is 1. The molecular formula is C31H54O6. The minimum absolute atomic E-state index is 0.00872. The number of aromatic hydroxyl groups is 1. The first-order valence-corrected chi connectivity index (χ1v) is 15.1. The van der Waals surface area contributed by atoms with Crippen LogP contribution in [0.1, 0.15) is 152 Å². The summed E-state index contributed by atoms with van der Waals surface area (Å²) in [5.41, 5.74) is 1.24. The van der Waals surface area contributed by atoms with Crippen molar-refractivity contribution >= 4 is 5.97 Å². The molecule has 37 heavy (non-hydrogen) atoms. The zero-order chi connectivity index (χ0) is 27.3. The second-order valence-electron chi connectivity index (χ2n) is 10.1. The second kappa shape index (κ2) is 21.0. The Bertz CT molecular complexity index is 746. The van der Waals surface area contributed by atoms with E-state index in [2.05, 4.69) is 13.8 Å². The van der Waals surface area contributed by atoms with Gasteiger partial charge < -0.3 is 19.8 Å². The van der Waals surface area contributed by atoms with Crippen molar-refractivity contribution < 1.29 is 29.5 Å². The minimum atomic E-state index is -1.17.